The molecule has 2 aliphatic rings. The predicted octanol–water partition coefficient (Wildman–Crippen LogP) is 3.29. The molecule has 0 aromatic heterocycles. The molecular formula is C25H32N2O3. The average molecular weight is 409 g/mol. The lowest BCUT2D eigenvalue weighted by molar-refractivity contribution is -0.0377. The van der Waals surface area contributed by atoms with E-state index in [-0.39, 0.29) is 6.61 Å². The number of para-hydroxylation sites is 1. The van der Waals surface area contributed by atoms with Crippen LogP contribution in [0.2, 0.25) is 0 Å². The van der Waals surface area contributed by atoms with Gasteiger partial charge in [-0.1, -0.05) is 42.5 Å². The summed E-state index contributed by atoms with van der Waals surface area (Å²) in [6.45, 7) is 5.78. The number of ether oxygens (including phenoxy) is 2. The van der Waals surface area contributed by atoms with Crippen molar-refractivity contribution < 1.29 is 14.6 Å². The van der Waals surface area contributed by atoms with Gasteiger partial charge in [0.1, 0.15) is 18.1 Å². The summed E-state index contributed by atoms with van der Waals surface area (Å²) in [5.41, 5.74) is 2.42. The monoisotopic (exact) mass is 408 g/mol. The maximum Gasteiger partial charge on any atom is 0.123 e. The number of nitrogens with zero attached hydrogens (tertiary/aromatic N) is 2. The van der Waals surface area contributed by atoms with Gasteiger partial charge in [-0.25, -0.2) is 0 Å². The first-order chi connectivity index (χ1) is 14.8. The van der Waals surface area contributed by atoms with E-state index in [0.29, 0.717) is 12.6 Å². The number of fused-ring (bicyclic) bond motifs is 1. The number of hydrogen-bond acceptors (Lipinski definition) is 5. The minimum Gasteiger partial charge on any atom is -0.497 e. The highest BCUT2D eigenvalue weighted by Gasteiger charge is 2.41. The van der Waals surface area contributed by atoms with Gasteiger partial charge in [0.05, 0.1) is 13.7 Å². The van der Waals surface area contributed by atoms with Crippen molar-refractivity contribution in [2.75, 3.05) is 46.5 Å². The van der Waals surface area contributed by atoms with Crippen LogP contribution in [0.25, 0.3) is 6.08 Å². The van der Waals surface area contributed by atoms with E-state index < -0.39 is 0 Å². The fraction of sp³-hybridized carbons (Fsp3) is 0.440. The number of piperidine rings is 1. The highest BCUT2D eigenvalue weighted by Crippen LogP contribution is 2.33. The minimum atomic E-state index is 0.0462. The summed E-state index contributed by atoms with van der Waals surface area (Å²) >= 11 is 0. The van der Waals surface area contributed by atoms with E-state index in [1.165, 1.54) is 24.1 Å². The lowest BCUT2D eigenvalue weighted by Crippen LogP contribution is -2.63. The highest BCUT2D eigenvalue weighted by molar-refractivity contribution is 5.50. The first kappa shape index (κ1) is 20.9. The molecule has 2 heterocycles. The second-order valence-electron chi connectivity index (χ2n) is 8.16. The number of methoxy groups -OCH3 is 1. The van der Waals surface area contributed by atoms with Crippen molar-refractivity contribution in [2.45, 2.75) is 19.0 Å². The Morgan fingerprint density at radius 2 is 1.93 bits per heavy atom. The zero-order chi connectivity index (χ0) is 20.8. The molecule has 4 rings (SSSR count). The first-order valence-corrected chi connectivity index (χ1v) is 10.9. The van der Waals surface area contributed by atoms with Gasteiger partial charge in [0.2, 0.25) is 0 Å². The van der Waals surface area contributed by atoms with Gasteiger partial charge in [-0.15, -0.1) is 0 Å². The third kappa shape index (κ3) is 5.04. The predicted molar refractivity (Wildman–Crippen MR) is 120 cm³/mol. The largest absolute Gasteiger partial charge is 0.497 e. The second-order valence-corrected chi connectivity index (χ2v) is 8.16. The minimum absolute atomic E-state index is 0.0462. The summed E-state index contributed by atoms with van der Waals surface area (Å²) in [5, 5.41) is 9.03. The standard InChI is InChI=1S/C25H32N2O3/c1-29-23-10-8-20(9-11-23)5-4-13-27-19-22-18-26(14-12-24(22)27)17-21-6-2-3-7-25(21)30-16-15-28/h2-11,22,24,28H,12-19H2,1H3/t22-,24-/m0/s1. The summed E-state index contributed by atoms with van der Waals surface area (Å²) in [6.07, 6.45) is 5.70. The van der Waals surface area contributed by atoms with Crippen LogP contribution in [-0.4, -0.2) is 67.5 Å². The summed E-state index contributed by atoms with van der Waals surface area (Å²) in [6, 6.07) is 17.1. The zero-order valence-corrected chi connectivity index (χ0v) is 17.7. The van der Waals surface area contributed by atoms with Crippen LogP contribution in [0.3, 0.4) is 0 Å². The fourth-order valence-electron chi connectivity index (χ4n) is 4.62. The lowest BCUT2D eigenvalue weighted by Gasteiger charge is -2.53. The van der Waals surface area contributed by atoms with Gasteiger partial charge in [0.25, 0.3) is 0 Å². The number of likely N-dealkylation sites (tertiary alicyclic amines) is 2. The number of hydrogen-bond donors (Lipinski definition) is 1. The summed E-state index contributed by atoms with van der Waals surface area (Å²) in [5.74, 6) is 2.55. The van der Waals surface area contributed by atoms with Crippen LogP contribution in [0.5, 0.6) is 11.5 Å². The molecule has 5 heteroatoms. The fourth-order valence-corrected chi connectivity index (χ4v) is 4.62. The molecule has 2 aromatic carbocycles. The van der Waals surface area contributed by atoms with E-state index in [1.807, 2.05) is 24.3 Å². The quantitative estimate of drug-likeness (QED) is 0.690. The third-order valence-electron chi connectivity index (χ3n) is 6.20. The number of benzene rings is 2. The average Bonchev–Trinajstić information content (AvgIpc) is 2.77. The van der Waals surface area contributed by atoms with Gasteiger partial charge in [0, 0.05) is 44.3 Å². The Bertz CT molecular complexity index is 837. The number of rotatable bonds is 9. The summed E-state index contributed by atoms with van der Waals surface area (Å²) < 4.78 is 10.9. The molecule has 0 amide bonds. The van der Waals surface area contributed by atoms with E-state index in [1.54, 1.807) is 7.11 Å². The van der Waals surface area contributed by atoms with Crippen molar-refractivity contribution in [1.29, 1.82) is 0 Å². The van der Waals surface area contributed by atoms with E-state index in [2.05, 4.69) is 46.2 Å². The van der Waals surface area contributed by atoms with Crippen molar-refractivity contribution in [1.82, 2.24) is 9.80 Å². The molecule has 2 saturated heterocycles. The van der Waals surface area contributed by atoms with Crippen LogP contribution in [0.4, 0.5) is 0 Å². The Morgan fingerprint density at radius 3 is 2.70 bits per heavy atom. The van der Waals surface area contributed by atoms with Gasteiger partial charge in [-0.2, -0.15) is 0 Å². The van der Waals surface area contributed by atoms with E-state index in [0.717, 1.165) is 43.6 Å². The van der Waals surface area contributed by atoms with Crippen LogP contribution in [0.1, 0.15) is 17.5 Å². The summed E-state index contributed by atoms with van der Waals surface area (Å²) in [7, 11) is 1.69. The molecule has 0 spiro atoms. The van der Waals surface area contributed by atoms with Crippen LogP contribution < -0.4 is 9.47 Å². The second kappa shape index (κ2) is 10.1. The molecule has 2 aliphatic heterocycles. The van der Waals surface area contributed by atoms with Gasteiger partial charge >= 0.3 is 0 Å². The SMILES string of the molecule is COc1ccc(C=CCN2C[C@@H]3CN(Cc4ccccc4OCCO)CC[C@@H]32)cc1. The Labute approximate surface area is 179 Å². The Kier molecular flexibility index (Phi) is 7.05. The molecule has 0 bridgehead atoms. The molecule has 2 fully saturated rings. The summed E-state index contributed by atoms with van der Waals surface area (Å²) in [4.78, 5) is 5.15. The Hall–Kier alpha value is -2.34. The van der Waals surface area contributed by atoms with Crippen molar-refractivity contribution in [3.8, 4) is 11.5 Å². The van der Waals surface area contributed by atoms with E-state index in [9.17, 15) is 0 Å². The maximum absolute atomic E-state index is 9.03. The molecule has 2 aromatic rings. The topological polar surface area (TPSA) is 45.2 Å². The molecule has 0 unspecified atom stereocenters. The van der Waals surface area contributed by atoms with E-state index in [4.69, 9.17) is 14.6 Å². The van der Waals surface area contributed by atoms with Crippen molar-refractivity contribution in [2.24, 2.45) is 5.92 Å². The molecule has 0 radical (unpaired) electrons. The molecule has 2 atom stereocenters. The van der Waals surface area contributed by atoms with Gasteiger partial charge in [-0.3, -0.25) is 9.80 Å². The van der Waals surface area contributed by atoms with Crippen molar-refractivity contribution in [3.63, 3.8) is 0 Å². The smallest absolute Gasteiger partial charge is 0.123 e. The highest BCUT2D eigenvalue weighted by atomic mass is 16.5. The Morgan fingerprint density at radius 1 is 1.10 bits per heavy atom. The molecule has 160 valence electrons. The van der Waals surface area contributed by atoms with Crippen LogP contribution >= 0.6 is 0 Å². The zero-order valence-electron chi connectivity index (χ0n) is 17.7. The van der Waals surface area contributed by atoms with Crippen molar-refractivity contribution >= 4 is 6.08 Å². The van der Waals surface area contributed by atoms with Gasteiger partial charge in [-0.05, 0) is 36.1 Å². The molecule has 0 saturated carbocycles. The van der Waals surface area contributed by atoms with Crippen molar-refractivity contribution in [3.05, 3.63) is 65.7 Å². The molecule has 0 aliphatic carbocycles. The van der Waals surface area contributed by atoms with Gasteiger partial charge in [0.15, 0.2) is 0 Å². The van der Waals surface area contributed by atoms with Crippen LogP contribution in [0, 0.1) is 5.92 Å². The number of aliphatic hydroxyl groups excluding tert-OH is 1. The first-order valence-electron chi connectivity index (χ1n) is 10.9. The lowest BCUT2D eigenvalue weighted by atomic mass is 9.82. The normalized spacial score (nSPS) is 21.9. The van der Waals surface area contributed by atoms with Crippen LogP contribution in [-0.2, 0) is 6.54 Å². The molecular weight excluding hydrogens is 376 g/mol. The maximum atomic E-state index is 9.03. The Balaban J connectivity index is 1.24. The molecule has 5 nitrogen and oxygen atoms in total. The van der Waals surface area contributed by atoms with Gasteiger partial charge < -0.3 is 14.6 Å². The third-order valence-corrected chi connectivity index (χ3v) is 6.20. The molecule has 30 heavy (non-hydrogen) atoms. The van der Waals surface area contributed by atoms with Crippen LogP contribution in [0.15, 0.2) is 54.6 Å². The number of aliphatic hydroxyl groups is 1. The molecule has 1 N–H and O–H groups in total. The van der Waals surface area contributed by atoms with E-state index >= 15 is 0 Å².